The van der Waals surface area contributed by atoms with Gasteiger partial charge < -0.3 is 15.8 Å². The van der Waals surface area contributed by atoms with E-state index in [0.29, 0.717) is 23.4 Å². The van der Waals surface area contributed by atoms with Crippen molar-refractivity contribution < 1.29 is 9.53 Å². The molecule has 0 spiro atoms. The normalized spacial score (nSPS) is 13.4. The molecule has 1 aliphatic heterocycles. The van der Waals surface area contributed by atoms with Gasteiger partial charge in [-0.1, -0.05) is 0 Å². The Bertz CT molecular complexity index is 385. The minimum atomic E-state index is 0.400. The summed E-state index contributed by atoms with van der Waals surface area (Å²) < 4.78 is 5.17. The van der Waals surface area contributed by atoms with E-state index in [0.717, 1.165) is 5.69 Å². The Hall–Kier alpha value is -1.97. The first-order valence-corrected chi connectivity index (χ1v) is 3.78. The molecule has 0 saturated carbocycles. The topological polar surface area (TPSA) is 64.3 Å². The highest BCUT2D eigenvalue weighted by molar-refractivity contribution is 5.81. The number of hydrogen-bond acceptors (Lipinski definition) is 4. The average molecular weight is 176 g/mol. The maximum atomic E-state index is 10.4. The molecule has 1 aromatic carbocycles. The molecule has 1 aromatic rings. The Morgan fingerprint density at radius 3 is 3.08 bits per heavy atom. The molecule has 0 unspecified atom stereocenters. The Morgan fingerprint density at radius 2 is 2.31 bits per heavy atom. The molecule has 0 bridgehead atoms. The van der Waals surface area contributed by atoms with Gasteiger partial charge in [0.25, 0.3) is 0 Å². The Kier molecular flexibility index (Phi) is 1.66. The minimum Gasteiger partial charge on any atom is -0.460 e. The second-order valence-corrected chi connectivity index (χ2v) is 2.69. The van der Waals surface area contributed by atoms with Gasteiger partial charge in [0, 0.05) is 11.8 Å². The SMILES string of the molecule is Nc1ccc2c(c1)OC=C(C=O)N2. The highest BCUT2D eigenvalue weighted by Gasteiger charge is 2.10. The summed E-state index contributed by atoms with van der Waals surface area (Å²) in [5.41, 5.74) is 7.33. The summed E-state index contributed by atoms with van der Waals surface area (Å²) in [5, 5.41) is 2.89. The number of nitrogens with two attached hydrogens (primary N) is 1. The molecule has 2 rings (SSSR count). The third-order valence-corrected chi connectivity index (χ3v) is 1.72. The highest BCUT2D eigenvalue weighted by Crippen LogP contribution is 2.30. The number of anilines is 2. The zero-order chi connectivity index (χ0) is 9.26. The lowest BCUT2D eigenvalue weighted by molar-refractivity contribution is -0.104. The monoisotopic (exact) mass is 176 g/mol. The fourth-order valence-corrected chi connectivity index (χ4v) is 1.11. The van der Waals surface area contributed by atoms with E-state index in [2.05, 4.69) is 5.32 Å². The maximum Gasteiger partial charge on any atom is 0.169 e. The number of fused-ring (bicyclic) bond motifs is 1. The number of nitrogen functional groups attached to an aromatic ring is 1. The van der Waals surface area contributed by atoms with Gasteiger partial charge in [0.15, 0.2) is 12.0 Å². The van der Waals surface area contributed by atoms with Gasteiger partial charge in [0.05, 0.1) is 5.69 Å². The number of carbonyl (C=O) groups is 1. The molecular formula is C9H8N2O2. The summed E-state index contributed by atoms with van der Waals surface area (Å²) in [6, 6.07) is 5.20. The van der Waals surface area contributed by atoms with Crippen molar-refractivity contribution in [3.05, 3.63) is 30.2 Å². The second kappa shape index (κ2) is 2.82. The Balaban J connectivity index is 2.38. The van der Waals surface area contributed by atoms with Crippen molar-refractivity contribution in [1.29, 1.82) is 0 Å². The third-order valence-electron chi connectivity index (χ3n) is 1.72. The van der Waals surface area contributed by atoms with Gasteiger partial charge in [-0.2, -0.15) is 0 Å². The van der Waals surface area contributed by atoms with Gasteiger partial charge in [-0.05, 0) is 12.1 Å². The number of allylic oxidation sites excluding steroid dienone is 1. The highest BCUT2D eigenvalue weighted by atomic mass is 16.5. The lowest BCUT2D eigenvalue weighted by Gasteiger charge is -2.16. The summed E-state index contributed by atoms with van der Waals surface area (Å²) in [7, 11) is 0. The lowest BCUT2D eigenvalue weighted by atomic mass is 10.2. The quantitative estimate of drug-likeness (QED) is 0.497. The van der Waals surface area contributed by atoms with Crippen LogP contribution in [0.2, 0.25) is 0 Å². The number of rotatable bonds is 1. The molecule has 4 nitrogen and oxygen atoms in total. The minimum absolute atomic E-state index is 0.400. The van der Waals surface area contributed by atoms with Crippen LogP contribution in [-0.4, -0.2) is 6.29 Å². The van der Waals surface area contributed by atoms with Gasteiger partial charge in [0.1, 0.15) is 12.0 Å². The van der Waals surface area contributed by atoms with Crippen LogP contribution in [0.15, 0.2) is 30.2 Å². The largest absolute Gasteiger partial charge is 0.460 e. The first kappa shape index (κ1) is 7.67. The molecule has 0 aliphatic carbocycles. The second-order valence-electron chi connectivity index (χ2n) is 2.69. The van der Waals surface area contributed by atoms with Crippen LogP contribution in [0.4, 0.5) is 11.4 Å². The average Bonchev–Trinajstić information content (AvgIpc) is 2.17. The summed E-state index contributed by atoms with van der Waals surface area (Å²) >= 11 is 0. The lowest BCUT2D eigenvalue weighted by Crippen LogP contribution is -2.09. The summed E-state index contributed by atoms with van der Waals surface area (Å²) in [5.74, 6) is 0.630. The summed E-state index contributed by atoms with van der Waals surface area (Å²) in [4.78, 5) is 10.4. The van der Waals surface area contributed by atoms with Crippen molar-refractivity contribution in [2.45, 2.75) is 0 Å². The number of ether oxygens (including phenoxy) is 1. The Morgan fingerprint density at radius 1 is 1.46 bits per heavy atom. The zero-order valence-corrected chi connectivity index (χ0v) is 6.78. The number of hydrogen-bond donors (Lipinski definition) is 2. The van der Waals surface area contributed by atoms with Crippen molar-refractivity contribution >= 4 is 17.7 Å². The van der Waals surface area contributed by atoms with Crippen molar-refractivity contribution in [2.75, 3.05) is 11.1 Å². The molecule has 3 N–H and O–H groups in total. The fourth-order valence-electron chi connectivity index (χ4n) is 1.11. The van der Waals surface area contributed by atoms with E-state index in [1.165, 1.54) is 6.26 Å². The maximum absolute atomic E-state index is 10.4. The van der Waals surface area contributed by atoms with Crippen LogP contribution in [0, 0.1) is 0 Å². The van der Waals surface area contributed by atoms with E-state index in [-0.39, 0.29) is 0 Å². The van der Waals surface area contributed by atoms with Crippen LogP contribution in [0.5, 0.6) is 5.75 Å². The number of nitrogens with one attached hydrogen (secondary N) is 1. The van der Waals surface area contributed by atoms with Gasteiger partial charge in [-0.25, -0.2) is 0 Å². The third kappa shape index (κ3) is 1.33. The molecule has 1 aliphatic rings. The molecule has 0 atom stereocenters. The van der Waals surface area contributed by atoms with E-state index >= 15 is 0 Å². The molecule has 66 valence electrons. The first-order valence-electron chi connectivity index (χ1n) is 3.78. The van der Waals surface area contributed by atoms with Crippen LogP contribution in [0.3, 0.4) is 0 Å². The summed E-state index contributed by atoms with van der Waals surface area (Å²) in [6.45, 7) is 0. The molecule has 0 fully saturated rings. The van der Waals surface area contributed by atoms with E-state index in [9.17, 15) is 4.79 Å². The standard InChI is InChI=1S/C9H8N2O2/c10-6-1-2-8-9(3-6)13-5-7(4-12)11-8/h1-5,11H,10H2. The van der Waals surface area contributed by atoms with E-state index in [1.807, 2.05) is 0 Å². The molecule has 0 saturated heterocycles. The molecule has 4 heteroatoms. The van der Waals surface area contributed by atoms with E-state index < -0.39 is 0 Å². The van der Waals surface area contributed by atoms with Gasteiger partial charge in [-0.15, -0.1) is 0 Å². The van der Waals surface area contributed by atoms with Gasteiger partial charge in [0.2, 0.25) is 0 Å². The number of carbonyl (C=O) groups excluding carboxylic acids is 1. The number of benzene rings is 1. The fraction of sp³-hybridized carbons (Fsp3) is 0. The molecule has 13 heavy (non-hydrogen) atoms. The molecule has 1 heterocycles. The van der Waals surface area contributed by atoms with E-state index in [4.69, 9.17) is 10.5 Å². The predicted octanol–water partition coefficient (Wildman–Crippen LogP) is 1.11. The van der Waals surface area contributed by atoms with Crippen LogP contribution >= 0.6 is 0 Å². The smallest absolute Gasteiger partial charge is 0.169 e. The first-order chi connectivity index (χ1) is 6.29. The van der Waals surface area contributed by atoms with Gasteiger partial charge in [-0.3, -0.25) is 4.79 Å². The molecular weight excluding hydrogens is 168 g/mol. The molecule has 0 amide bonds. The van der Waals surface area contributed by atoms with Crippen molar-refractivity contribution in [1.82, 2.24) is 0 Å². The summed E-state index contributed by atoms with van der Waals surface area (Å²) in [6.07, 6.45) is 2.05. The zero-order valence-electron chi connectivity index (χ0n) is 6.78. The van der Waals surface area contributed by atoms with Crippen LogP contribution in [-0.2, 0) is 4.79 Å². The van der Waals surface area contributed by atoms with Crippen molar-refractivity contribution in [3.8, 4) is 5.75 Å². The molecule has 0 radical (unpaired) electrons. The van der Waals surface area contributed by atoms with Gasteiger partial charge >= 0.3 is 0 Å². The van der Waals surface area contributed by atoms with E-state index in [1.54, 1.807) is 18.2 Å². The van der Waals surface area contributed by atoms with Crippen molar-refractivity contribution in [2.24, 2.45) is 0 Å². The Labute approximate surface area is 75.0 Å². The number of aldehydes is 1. The van der Waals surface area contributed by atoms with Crippen molar-refractivity contribution in [3.63, 3.8) is 0 Å². The molecule has 0 aromatic heterocycles. The predicted molar refractivity (Wildman–Crippen MR) is 49.3 cm³/mol. The van der Waals surface area contributed by atoms with Crippen LogP contribution in [0.1, 0.15) is 0 Å². The van der Waals surface area contributed by atoms with Crippen LogP contribution < -0.4 is 15.8 Å². The van der Waals surface area contributed by atoms with Crippen LogP contribution in [0.25, 0.3) is 0 Å².